The van der Waals surface area contributed by atoms with E-state index in [1.807, 2.05) is 44.6 Å². The van der Waals surface area contributed by atoms with Crippen molar-refractivity contribution in [2.24, 2.45) is 34.5 Å². The number of hydrogen-bond donors (Lipinski definition) is 1. The number of allylic oxidation sites excluding steroid dienone is 1. The molecule has 8 atom stereocenters. The highest BCUT2D eigenvalue weighted by Crippen LogP contribution is 2.59. The number of aromatic nitrogens is 2. The van der Waals surface area contributed by atoms with Gasteiger partial charge in [0.15, 0.2) is 5.78 Å². The minimum absolute atomic E-state index is 0.114. The van der Waals surface area contributed by atoms with Crippen molar-refractivity contribution in [3.63, 3.8) is 0 Å². The fourth-order valence-corrected chi connectivity index (χ4v) is 10.3. The standard InChI is InChI=1S/C43H56F2N4O9S/c1-7-11-26-34-23-49(36(26)32(50)22-43(21-28(43)37(44)45)40(53)48-59(54,55)42(5)16-17-42)39(52)27(41(2,3)4)20-35(51)57-33-18-24(33)12-9-8-10-13-30-38(58-34)47-31-19-25(56-6)14-15-29(31)46-30/h10,13-15,19,24,26-28,33-34,36-37H,7-9,11-12,16-18,20-23H2,1-6H3,(H,48,53)/b13-10+/t24-,26-,27-,28+,33-,34+,36+,43-/m1/s1. The first-order valence-corrected chi connectivity index (χ1v) is 22.4. The molecule has 0 unspecified atom stereocenters. The number of Topliss-reactive ketones (excluding diaryl/α,β-unsaturated/α-hetero) is 1. The quantitative estimate of drug-likeness (QED) is 0.262. The van der Waals surface area contributed by atoms with Crippen LogP contribution in [0.3, 0.4) is 0 Å². The predicted octanol–water partition coefficient (Wildman–Crippen LogP) is 6.42. The van der Waals surface area contributed by atoms with E-state index in [1.54, 1.807) is 25.3 Å². The fraction of sp³-hybridized carbons (Fsp3) is 0.674. The maximum atomic E-state index is 15.0. The van der Waals surface area contributed by atoms with Crippen molar-refractivity contribution >= 4 is 50.7 Å². The average Bonchev–Trinajstić information content (AvgIpc) is 4.12. The van der Waals surface area contributed by atoms with Gasteiger partial charge in [0.1, 0.15) is 23.7 Å². The average molecular weight is 843 g/mol. The number of esters is 1. The number of methoxy groups -OCH3 is 1. The Kier molecular flexibility index (Phi) is 11.6. The summed E-state index contributed by atoms with van der Waals surface area (Å²) in [5.41, 5.74) is -1.24. The zero-order valence-corrected chi connectivity index (χ0v) is 35.5. The Bertz CT molecular complexity index is 2140. The number of rotatable bonds is 10. The SMILES string of the molecule is CCC[C@@H]1[C@@H]2CN(C(=O)[C@H](C(C)(C)C)CC(=O)O[C@@H]3C[C@H]3CCC/C=C/c3nc4ccc(OC)cc4nc3O2)[C@@H]1C(=O)C[C@]1(C(=O)NS(=O)(=O)C2(C)CC2)C[C@H]1C(F)F. The zero-order valence-electron chi connectivity index (χ0n) is 34.7. The summed E-state index contributed by atoms with van der Waals surface area (Å²) in [6.45, 7) is 8.76. The number of fused-ring (bicyclic) bond motifs is 5. The van der Waals surface area contributed by atoms with Gasteiger partial charge in [-0.3, -0.25) is 23.9 Å². The lowest BCUT2D eigenvalue weighted by Crippen LogP contribution is -2.50. The molecule has 0 radical (unpaired) electrons. The number of nitrogens with one attached hydrogen (secondary N) is 1. The van der Waals surface area contributed by atoms with Crippen LogP contribution in [0.5, 0.6) is 11.6 Å². The number of ketones is 1. The van der Waals surface area contributed by atoms with Crippen LogP contribution in [0.25, 0.3) is 17.1 Å². The molecular weight excluding hydrogens is 787 g/mol. The second kappa shape index (κ2) is 16.0. The summed E-state index contributed by atoms with van der Waals surface area (Å²) in [4.78, 5) is 68.3. The Morgan fingerprint density at radius 3 is 2.49 bits per heavy atom. The molecule has 1 aromatic carbocycles. The topological polar surface area (TPSA) is 171 Å². The Hall–Kier alpha value is -4.21. The Labute approximate surface area is 344 Å². The van der Waals surface area contributed by atoms with Crippen LogP contribution in [0.4, 0.5) is 8.78 Å². The second-order valence-electron chi connectivity index (χ2n) is 18.6. The molecule has 16 heteroatoms. The van der Waals surface area contributed by atoms with Crippen LogP contribution in [0.2, 0.25) is 0 Å². The van der Waals surface area contributed by atoms with Gasteiger partial charge in [-0.2, -0.15) is 0 Å². The molecule has 2 aliphatic heterocycles. The number of halogens is 2. The molecule has 3 heterocycles. The molecule has 1 saturated heterocycles. The highest BCUT2D eigenvalue weighted by atomic mass is 32.2. The highest BCUT2D eigenvalue weighted by Gasteiger charge is 2.67. The molecule has 7 rings (SSSR count). The third-order valence-corrected chi connectivity index (χ3v) is 15.4. The van der Waals surface area contributed by atoms with Crippen LogP contribution in [-0.2, 0) is 33.9 Å². The molecule has 1 N–H and O–H groups in total. The molecule has 0 spiro atoms. The lowest BCUT2D eigenvalue weighted by atomic mass is 9.77. The van der Waals surface area contributed by atoms with E-state index >= 15 is 4.79 Å². The first-order chi connectivity index (χ1) is 27.8. The summed E-state index contributed by atoms with van der Waals surface area (Å²) in [7, 11) is -2.66. The smallest absolute Gasteiger partial charge is 0.306 e. The van der Waals surface area contributed by atoms with E-state index in [0.29, 0.717) is 48.2 Å². The van der Waals surface area contributed by atoms with Gasteiger partial charge in [-0.1, -0.05) is 40.2 Å². The molecule has 2 bridgehead atoms. The van der Waals surface area contributed by atoms with Crippen LogP contribution in [0.15, 0.2) is 24.3 Å². The molecular formula is C43H56F2N4O9S. The van der Waals surface area contributed by atoms with E-state index in [2.05, 4.69) is 0 Å². The Balaban J connectivity index is 1.29. The lowest BCUT2D eigenvalue weighted by Gasteiger charge is -2.35. The summed E-state index contributed by atoms with van der Waals surface area (Å²) in [5, 5.41) is 0. The summed E-state index contributed by atoms with van der Waals surface area (Å²) >= 11 is 0. The van der Waals surface area contributed by atoms with E-state index in [1.165, 1.54) is 11.8 Å². The van der Waals surface area contributed by atoms with E-state index < -0.39 is 98.3 Å². The van der Waals surface area contributed by atoms with Crippen molar-refractivity contribution in [3.05, 3.63) is 30.0 Å². The van der Waals surface area contributed by atoms with Gasteiger partial charge in [0, 0.05) is 24.3 Å². The first-order valence-electron chi connectivity index (χ1n) is 20.9. The van der Waals surface area contributed by atoms with Crippen LogP contribution >= 0.6 is 0 Å². The van der Waals surface area contributed by atoms with Crippen LogP contribution in [0, 0.1) is 34.5 Å². The van der Waals surface area contributed by atoms with E-state index in [4.69, 9.17) is 24.2 Å². The van der Waals surface area contributed by atoms with Crippen molar-refractivity contribution < 1.29 is 50.6 Å². The fourth-order valence-electron chi connectivity index (χ4n) is 8.94. The van der Waals surface area contributed by atoms with Gasteiger partial charge in [0.05, 0.1) is 53.2 Å². The molecule has 3 saturated carbocycles. The molecule has 1 aromatic heterocycles. The van der Waals surface area contributed by atoms with E-state index in [9.17, 15) is 31.6 Å². The van der Waals surface area contributed by atoms with Gasteiger partial charge in [0.25, 0.3) is 0 Å². The van der Waals surface area contributed by atoms with Gasteiger partial charge in [-0.05, 0) is 87.8 Å². The van der Waals surface area contributed by atoms with Crippen molar-refractivity contribution in [2.45, 2.75) is 135 Å². The number of benzene rings is 1. The summed E-state index contributed by atoms with van der Waals surface area (Å²) in [6.07, 6.45) is 3.09. The zero-order chi connectivity index (χ0) is 42.7. The summed E-state index contributed by atoms with van der Waals surface area (Å²) in [5.74, 6) is -5.07. The minimum atomic E-state index is -4.20. The van der Waals surface area contributed by atoms with Crippen molar-refractivity contribution in [2.75, 3.05) is 13.7 Å². The third kappa shape index (κ3) is 8.70. The van der Waals surface area contributed by atoms with Crippen LogP contribution in [-0.4, -0.2) is 89.9 Å². The van der Waals surface area contributed by atoms with E-state index in [-0.39, 0.29) is 30.9 Å². The maximum absolute atomic E-state index is 15.0. The van der Waals surface area contributed by atoms with Crippen molar-refractivity contribution in [3.8, 4) is 11.6 Å². The molecule has 322 valence electrons. The number of carbonyl (C=O) groups excluding carboxylic acids is 4. The van der Waals surface area contributed by atoms with Gasteiger partial charge in [0.2, 0.25) is 34.1 Å². The first kappa shape index (κ1) is 42.9. The minimum Gasteiger partial charge on any atom is -0.497 e. The molecule has 4 fully saturated rings. The number of sulfonamides is 1. The lowest BCUT2D eigenvalue weighted by molar-refractivity contribution is -0.154. The Morgan fingerprint density at radius 1 is 1.10 bits per heavy atom. The van der Waals surface area contributed by atoms with Gasteiger partial charge in [-0.15, -0.1) is 0 Å². The third-order valence-electron chi connectivity index (χ3n) is 13.2. The van der Waals surface area contributed by atoms with Crippen molar-refractivity contribution in [1.82, 2.24) is 19.6 Å². The van der Waals surface area contributed by atoms with E-state index in [0.717, 1.165) is 25.7 Å². The van der Waals surface area contributed by atoms with Crippen LogP contribution < -0.4 is 14.2 Å². The largest absolute Gasteiger partial charge is 0.497 e. The monoisotopic (exact) mass is 842 g/mol. The van der Waals surface area contributed by atoms with Crippen LogP contribution in [0.1, 0.15) is 111 Å². The van der Waals surface area contributed by atoms with Crippen molar-refractivity contribution in [1.29, 1.82) is 0 Å². The number of alkyl halides is 2. The summed E-state index contributed by atoms with van der Waals surface area (Å²) < 4.78 is 74.1. The van der Waals surface area contributed by atoms with Gasteiger partial charge >= 0.3 is 5.97 Å². The highest BCUT2D eigenvalue weighted by molar-refractivity contribution is 7.91. The molecule has 59 heavy (non-hydrogen) atoms. The molecule has 2 aromatic rings. The second-order valence-corrected chi connectivity index (χ2v) is 20.8. The normalized spacial score (nSPS) is 31.2. The molecule has 3 aliphatic carbocycles. The van der Waals surface area contributed by atoms with Gasteiger partial charge in [-0.25, -0.2) is 27.2 Å². The number of ether oxygens (including phenoxy) is 3. The predicted molar refractivity (Wildman–Crippen MR) is 214 cm³/mol. The molecule has 5 aliphatic rings. The molecule has 2 amide bonds. The number of hydrogen-bond acceptors (Lipinski definition) is 11. The van der Waals surface area contributed by atoms with Gasteiger partial charge < -0.3 is 19.1 Å². The Morgan fingerprint density at radius 2 is 1.85 bits per heavy atom. The maximum Gasteiger partial charge on any atom is 0.306 e. The number of amides is 2. The number of nitrogens with zero attached hydrogens (tertiary/aromatic N) is 3. The number of carbonyl (C=O) groups is 4. The summed E-state index contributed by atoms with van der Waals surface area (Å²) in [6, 6.07) is 4.04. The molecule has 13 nitrogen and oxygen atoms in total.